The van der Waals surface area contributed by atoms with Gasteiger partial charge in [0, 0.05) is 18.9 Å². The lowest BCUT2D eigenvalue weighted by molar-refractivity contribution is -0.182. The second kappa shape index (κ2) is 7.01. The van der Waals surface area contributed by atoms with E-state index in [1.54, 1.807) is 6.92 Å². The van der Waals surface area contributed by atoms with Gasteiger partial charge in [0.25, 0.3) is 0 Å². The Balaban J connectivity index is 1.34. The maximum Gasteiger partial charge on any atom is 0.216 e. The number of carbonyl (C=O) groups excluding carboxylic acids is 1. The molecule has 0 aromatic rings. The number of amides is 1. The predicted molar refractivity (Wildman–Crippen MR) is 131 cm³/mol. The minimum Gasteiger partial charge on any atom is -0.393 e. The maximum absolute atomic E-state index is 12.1. The lowest BCUT2D eigenvalue weighted by Crippen LogP contribution is -2.59. The van der Waals surface area contributed by atoms with Gasteiger partial charge in [-0.2, -0.15) is 0 Å². The van der Waals surface area contributed by atoms with Gasteiger partial charge in [0.1, 0.15) is 0 Å². The van der Waals surface area contributed by atoms with Crippen LogP contribution in [0.2, 0.25) is 0 Å². The molecule has 6 aliphatic rings. The van der Waals surface area contributed by atoms with Crippen LogP contribution in [0.3, 0.4) is 0 Å². The van der Waals surface area contributed by atoms with Crippen molar-refractivity contribution in [2.24, 2.45) is 50.7 Å². The highest BCUT2D eigenvalue weighted by molar-refractivity contribution is 5.72. The van der Waals surface area contributed by atoms with Gasteiger partial charge in [-0.15, -0.1) is 0 Å². The molecule has 6 rings (SSSR count). The maximum atomic E-state index is 12.1. The van der Waals surface area contributed by atoms with Crippen LogP contribution in [0.15, 0.2) is 0 Å². The summed E-state index contributed by atoms with van der Waals surface area (Å²) in [5.41, 5.74) is 0.634. The summed E-state index contributed by atoms with van der Waals surface area (Å²) in [5, 5.41) is 25.9. The van der Waals surface area contributed by atoms with E-state index >= 15 is 0 Å². The van der Waals surface area contributed by atoms with Crippen LogP contribution < -0.4 is 5.32 Å². The van der Waals surface area contributed by atoms with E-state index in [4.69, 9.17) is 4.74 Å². The Morgan fingerprint density at radius 1 is 1.00 bits per heavy atom. The largest absolute Gasteiger partial charge is 0.393 e. The Morgan fingerprint density at radius 2 is 1.68 bits per heavy atom. The zero-order chi connectivity index (χ0) is 24.5. The molecule has 34 heavy (non-hydrogen) atoms. The molecule has 1 heterocycles. The predicted octanol–water partition coefficient (Wildman–Crippen LogP) is 4.30. The quantitative estimate of drug-likeness (QED) is 0.559. The van der Waals surface area contributed by atoms with E-state index in [-0.39, 0.29) is 40.5 Å². The van der Waals surface area contributed by atoms with Crippen molar-refractivity contribution in [1.82, 2.24) is 5.32 Å². The number of aliphatic hydroxyl groups excluding tert-OH is 2. The molecule has 5 nitrogen and oxygen atoms in total. The van der Waals surface area contributed by atoms with Gasteiger partial charge in [-0.25, -0.2) is 0 Å². The summed E-state index contributed by atoms with van der Waals surface area (Å²) in [4.78, 5) is 11.5. The molecule has 0 aromatic heterocycles. The molecule has 1 saturated heterocycles. The lowest BCUT2D eigenvalue weighted by atomic mass is 9.41. The highest BCUT2D eigenvalue weighted by Gasteiger charge is 2.84. The van der Waals surface area contributed by atoms with Gasteiger partial charge in [0.05, 0.1) is 24.4 Å². The third kappa shape index (κ3) is 2.55. The molecule has 0 aromatic carbocycles. The number of carbonyl (C=O) groups is 1. The van der Waals surface area contributed by atoms with Crippen molar-refractivity contribution >= 4 is 5.91 Å². The van der Waals surface area contributed by atoms with E-state index in [0.717, 1.165) is 12.8 Å². The first kappa shape index (κ1) is 23.7. The summed E-state index contributed by atoms with van der Waals surface area (Å²) < 4.78 is 6.65. The van der Waals surface area contributed by atoms with Crippen molar-refractivity contribution in [1.29, 1.82) is 0 Å². The summed E-state index contributed by atoms with van der Waals surface area (Å²) in [6.45, 7) is 14.0. The minimum absolute atomic E-state index is 0.00872. The van der Waals surface area contributed by atoms with Gasteiger partial charge in [-0.3, -0.25) is 4.79 Å². The Labute approximate surface area is 205 Å². The number of fused-ring (bicyclic) bond motifs is 4. The van der Waals surface area contributed by atoms with Crippen LogP contribution in [0.4, 0.5) is 0 Å². The third-order valence-electron chi connectivity index (χ3n) is 13.4. The number of nitrogens with one attached hydrogen (secondary N) is 1. The molecule has 5 saturated carbocycles. The smallest absolute Gasteiger partial charge is 0.216 e. The third-order valence-corrected chi connectivity index (χ3v) is 13.4. The van der Waals surface area contributed by atoms with Crippen LogP contribution in [0, 0.1) is 50.7 Å². The van der Waals surface area contributed by atoms with Gasteiger partial charge in [0.2, 0.25) is 5.91 Å². The van der Waals surface area contributed by atoms with E-state index in [1.807, 2.05) is 0 Å². The van der Waals surface area contributed by atoms with Crippen molar-refractivity contribution in [2.45, 2.75) is 117 Å². The average molecular weight is 474 g/mol. The van der Waals surface area contributed by atoms with Crippen molar-refractivity contribution in [3.8, 4) is 0 Å². The monoisotopic (exact) mass is 473 g/mol. The summed E-state index contributed by atoms with van der Waals surface area (Å²) in [5.74, 6) is 1.96. The standard InChI is InChI=1S/C29H47NO4/c1-16-13-18(14-30-17(2)31)34-23-22(16)26(5)11-12-29-15-28(29)10-9-21(32)25(3,4)19(28)7-8-20(29)27(26,6)24(23)33/h16,18-24,32-33H,7-15H2,1-6H3,(H,30,31)/t16-,18?,19+,20?,21?,22+,23?,24+,26?,27-,28?,29?/m1/s1. The molecule has 7 unspecified atom stereocenters. The molecule has 1 amide bonds. The first-order valence-corrected chi connectivity index (χ1v) is 14.1. The van der Waals surface area contributed by atoms with Crippen LogP contribution in [-0.2, 0) is 9.53 Å². The van der Waals surface area contributed by atoms with Crippen molar-refractivity contribution in [2.75, 3.05) is 6.54 Å². The lowest BCUT2D eigenvalue weighted by Gasteiger charge is -2.63. The molecule has 5 heteroatoms. The normalized spacial score (nSPS) is 59.1. The van der Waals surface area contributed by atoms with Gasteiger partial charge in [-0.05, 0) is 96.7 Å². The van der Waals surface area contributed by atoms with Gasteiger partial charge < -0.3 is 20.3 Å². The van der Waals surface area contributed by atoms with Crippen LogP contribution in [0.25, 0.3) is 0 Å². The molecule has 2 spiro atoms. The van der Waals surface area contributed by atoms with Gasteiger partial charge in [0.15, 0.2) is 0 Å². The molecule has 5 aliphatic carbocycles. The van der Waals surface area contributed by atoms with Crippen molar-refractivity contribution < 1.29 is 19.7 Å². The summed E-state index contributed by atoms with van der Waals surface area (Å²) in [6, 6.07) is 0. The van der Waals surface area contributed by atoms with Gasteiger partial charge in [-0.1, -0.05) is 34.6 Å². The first-order valence-electron chi connectivity index (χ1n) is 14.1. The summed E-state index contributed by atoms with van der Waals surface area (Å²) >= 11 is 0. The Kier molecular flexibility index (Phi) is 4.89. The Morgan fingerprint density at radius 3 is 2.38 bits per heavy atom. The van der Waals surface area contributed by atoms with Gasteiger partial charge >= 0.3 is 0 Å². The van der Waals surface area contributed by atoms with Crippen molar-refractivity contribution in [3.63, 3.8) is 0 Å². The summed E-state index contributed by atoms with van der Waals surface area (Å²) in [6.07, 6.45) is 8.40. The fourth-order valence-corrected chi connectivity index (χ4v) is 11.8. The fraction of sp³-hybridized carbons (Fsp3) is 0.966. The molecular weight excluding hydrogens is 426 g/mol. The fourth-order valence-electron chi connectivity index (χ4n) is 11.8. The SMILES string of the molecule is CC(=O)NCC1C[C@@H](C)[C@H]2C(O1)[C@H](O)[C@@]1(C)C3CC[C@H]4C(C)(C)C(O)CCC45CC35CCC21C. The Bertz CT molecular complexity index is 889. The number of aliphatic hydroxyl groups is 2. The second-order valence-electron chi connectivity index (χ2n) is 14.6. The zero-order valence-corrected chi connectivity index (χ0v) is 22.2. The molecule has 12 atom stereocenters. The van der Waals surface area contributed by atoms with Crippen LogP contribution in [0.5, 0.6) is 0 Å². The van der Waals surface area contributed by atoms with Crippen LogP contribution in [-0.4, -0.2) is 47.1 Å². The van der Waals surface area contributed by atoms with E-state index in [1.165, 1.54) is 38.5 Å². The van der Waals surface area contributed by atoms with E-state index in [2.05, 4.69) is 39.9 Å². The molecule has 192 valence electrons. The molecule has 3 N–H and O–H groups in total. The number of rotatable bonds is 2. The molecule has 0 radical (unpaired) electrons. The number of hydrogen-bond donors (Lipinski definition) is 3. The average Bonchev–Trinajstić information content (AvgIpc) is 3.40. The highest BCUT2D eigenvalue weighted by Crippen LogP contribution is 2.89. The topological polar surface area (TPSA) is 78.8 Å². The minimum atomic E-state index is -0.455. The second-order valence-corrected chi connectivity index (χ2v) is 14.6. The van der Waals surface area contributed by atoms with E-state index < -0.39 is 6.10 Å². The molecule has 0 bridgehead atoms. The highest BCUT2D eigenvalue weighted by atomic mass is 16.5. The molecule has 1 aliphatic heterocycles. The van der Waals surface area contributed by atoms with Crippen molar-refractivity contribution in [3.05, 3.63) is 0 Å². The number of ether oxygens (including phenoxy) is 1. The molecular formula is C29H47NO4. The number of hydrogen-bond acceptors (Lipinski definition) is 4. The Hall–Kier alpha value is -0.650. The first-order chi connectivity index (χ1) is 15.8. The van der Waals surface area contributed by atoms with E-state index in [0.29, 0.717) is 41.0 Å². The zero-order valence-electron chi connectivity index (χ0n) is 22.2. The van der Waals surface area contributed by atoms with E-state index in [9.17, 15) is 15.0 Å². The summed E-state index contributed by atoms with van der Waals surface area (Å²) in [7, 11) is 0. The van der Waals surface area contributed by atoms with Crippen LogP contribution in [0.1, 0.15) is 92.9 Å². The molecule has 6 fully saturated rings. The van der Waals surface area contributed by atoms with Crippen LogP contribution >= 0.6 is 0 Å².